The fraction of sp³-hybridized carbons (Fsp3) is 0.312. The van der Waals surface area contributed by atoms with Crippen LogP contribution in [-0.4, -0.2) is 25.9 Å². The zero-order valence-electron chi connectivity index (χ0n) is 13.6. The van der Waals surface area contributed by atoms with E-state index in [9.17, 15) is 0 Å². The Balaban J connectivity index is 1.83. The first-order valence-electron chi connectivity index (χ1n) is 7.70. The van der Waals surface area contributed by atoms with Gasteiger partial charge in [-0.25, -0.2) is 0 Å². The molecule has 1 unspecified atom stereocenters. The van der Waals surface area contributed by atoms with Crippen LogP contribution in [0.2, 0.25) is 4.34 Å². The van der Waals surface area contributed by atoms with Crippen molar-refractivity contribution in [3.63, 3.8) is 0 Å². The minimum Gasteiger partial charge on any atom is -0.312 e. The van der Waals surface area contributed by atoms with E-state index in [1.54, 1.807) is 23.7 Å². The molecule has 24 heavy (non-hydrogen) atoms. The van der Waals surface area contributed by atoms with E-state index in [1.165, 1.54) is 9.78 Å². The van der Waals surface area contributed by atoms with Gasteiger partial charge in [0.25, 0.3) is 0 Å². The number of quaternary nitrogens is 1. The van der Waals surface area contributed by atoms with Crippen molar-refractivity contribution < 1.29 is 4.90 Å². The summed E-state index contributed by atoms with van der Waals surface area (Å²) in [6, 6.07) is 7.92. The fourth-order valence-electron chi connectivity index (χ4n) is 2.54. The molecule has 1 atom stereocenters. The molecule has 0 spiro atoms. The fourth-order valence-corrected chi connectivity index (χ4v) is 3.89. The number of thiophene rings is 1. The third kappa shape index (κ3) is 3.75. The van der Waals surface area contributed by atoms with E-state index in [2.05, 4.69) is 18.0 Å². The molecular formula is C16H19ClN5S2+. The molecule has 126 valence electrons. The Morgan fingerprint density at radius 1 is 1.25 bits per heavy atom. The Morgan fingerprint density at radius 3 is 2.62 bits per heavy atom. The zero-order valence-corrected chi connectivity index (χ0v) is 16.0. The van der Waals surface area contributed by atoms with Crippen LogP contribution in [0.15, 0.2) is 36.7 Å². The molecule has 1 N–H and O–H groups in total. The van der Waals surface area contributed by atoms with E-state index in [0.29, 0.717) is 0 Å². The van der Waals surface area contributed by atoms with Gasteiger partial charge in [0.05, 0.1) is 15.8 Å². The largest absolute Gasteiger partial charge is 0.312 e. The topological polar surface area (TPSA) is 40.1 Å². The molecule has 0 radical (unpaired) electrons. The van der Waals surface area contributed by atoms with Crippen LogP contribution >= 0.6 is 35.2 Å². The average Bonchev–Trinajstić information content (AvgIpc) is 3.13. The van der Waals surface area contributed by atoms with Gasteiger partial charge in [0.15, 0.2) is 12.5 Å². The molecule has 0 aromatic carbocycles. The summed E-state index contributed by atoms with van der Waals surface area (Å²) in [5, 5.41) is 4.72. The van der Waals surface area contributed by atoms with Crippen LogP contribution in [0, 0.1) is 4.77 Å². The molecular weight excluding hydrogens is 362 g/mol. The zero-order chi connectivity index (χ0) is 17.1. The number of rotatable bonds is 6. The number of nitrogens with zero attached hydrogens (tertiary/aromatic N) is 4. The van der Waals surface area contributed by atoms with Crippen LogP contribution in [0.5, 0.6) is 0 Å². The lowest BCUT2D eigenvalue weighted by atomic mass is 10.2. The molecule has 3 rings (SSSR count). The van der Waals surface area contributed by atoms with Crippen molar-refractivity contribution in [1.29, 1.82) is 0 Å². The first-order valence-corrected chi connectivity index (χ1v) is 9.30. The maximum absolute atomic E-state index is 6.03. The van der Waals surface area contributed by atoms with Crippen LogP contribution in [0.3, 0.4) is 0 Å². The normalized spacial score (nSPS) is 12.5. The third-order valence-corrected chi connectivity index (χ3v) is 5.62. The first-order chi connectivity index (χ1) is 11.6. The minimum atomic E-state index is 0.719. The Morgan fingerprint density at radius 2 is 2.00 bits per heavy atom. The van der Waals surface area contributed by atoms with Gasteiger partial charge in [-0.3, -0.25) is 4.98 Å². The summed E-state index contributed by atoms with van der Waals surface area (Å²) in [5.74, 6) is 0.858. The van der Waals surface area contributed by atoms with Crippen molar-refractivity contribution in [1.82, 2.24) is 19.3 Å². The Bertz CT molecular complexity index is 868. The van der Waals surface area contributed by atoms with Gasteiger partial charge >= 0.3 is 0 Å². The third-order valence-electron chi connectivity index (χ3n) is 3.91. The number of aromatic nitrogens is 4. The molecule has 0 bridgehead atoms. The van der Waals surface area contributed by atoms with Crippen molar-refractivity contribution in [2.75, 3.05) is 6.54 Å². The summed E-state index contributed by atoms with van der Waals surface area (Å²) in [7, 11) is 1.95. The van der Waals surface area contributed by atoms with Gasteiger partial charge in [0.1, 0.15) is 6.54 Å². The molecule has 3 aromatic rings. The van der Waals surface area contributed by atoms with Crippen LogP contribution in [-0.2, 0) is 20.3 Å². The average molecular weight is 381 g/mol. The lowest BCUT2D eigenvalue weighted by Crippen LogP contribution is -3.09. The quantitative estimate of drug-likeness (QED) is 0.668. The summed E-state index contributed by atoms with van der Waals surface area (Å²) in [5.41, 5.74) is 1.01. The molecule has 3 aromatic heterocycles. The highest BCUT2D eigenvalue weighted by atomic mass is 35.5. The SMILES string of the molecule is CC[NH+](Cc1ccc(Cl)s1)Cn1nc(-c2ccncc2)n(C)c1=S. The predicted octanol–water partition coefficient (Wildman–Crippen LogP) is 2.79. The predicted molar refractivity (Wildman–Crippen MR) is 99.8 cm³/mol. The molecule has 0 aliphatic heterocycles. The van der Waals surface area contributed by atoms with Gasteiger partial charge in [-0.05, 0) is 43.4 Å². The van der Waals surface area contributed by atoms with E-state index < -0.39 is 0 Å². The lowest BCUT2D eigenvalue weighted by Gasteiger charge is -2.16. The van der Waals surface area contributed by atoms with Crippen molar-refractivity contribution in [3.8, 4) is 11.4 Å². The standard InChI is InChI=1S/C16H18ClN5S2/c1-3-21(10-13-4-5-14(17)24-13)11-22-16(23)20(2)15(19-22)12-6-8-18-9-7-12/h4-9H,3,10-11H2,1-2H3/p+1. The number of pyridine rings is 1. The summed E-state index contributed by atoms with van der Waals surface area (Å²) >= 11 is 13.2. The molecule has 3 heterocycles. The molecule has 8 heteroatoms. The highest BCUT2D eigenvalue weighted by Crippen LogP contribution is 2.20. The van der Waals surface area contributed by atoms with Crippen molar-refractivity contribution in [2.24, 2.45) is 7.05 Å². The highest BCUT2D eigenvalue weighted by Gasteiger charge is 2.15. The van der Waals surface area contributed by atoms with E-state index in [-0.39, 0.29) is 0 Å². The Hall–Kier alpha value is -1.54. The second-order valence-electron chi connectivity index (χ2n) is 5.54. The second-order valence-corrected chi connectivity index (χ2v) is 7.71. The smallest absolute Gasteiger partial charge is 0.202 e. The summed E-state index contributed by atoms with van der Waals surface area (Å²) in [6.45, 7) is 4.79. The van der Waals surface area contributed by atoms with Crippen LogP contribution in [0.25, 0.3) is 11.4 Å². The van der Waals surface area contributed by atoms with Crippen LogP contribution in [0.1, 0.15) is 11.8 Å². The summed E-state index contributed by atoms with van der Waals surface area (Å²) < 4.78 is 5.39. The van der Waals surface area contributed by atoms with E-state index in [1.807, 2.05) is 34.5 Å². The van der Waals surface area contributed by atoms with Gasteiger partial charge in [0.2, 0.25) is 4.77 Å². The first kappa shape index (κ1) is 17.3. The van der Waals surface area contributed by atoms with Gasteiger partial charge in [-0.1, -0.05) is 11.6 Å². The van der Waals surface area contributed by atoms with E-state index >= 15 is 0 Å². The molecule has 0 saturated heterocycles. The minimum absolute atomic E-state index is 0.719. The van der Waals surface area contributed by atoms with E-state index in [0.717, 1.165) is 40.3 Å². The molecule has 0 saturated carbocycles. The number of nitrogens with one attached hydrogen (secondary N) is 1. The number of halogens is 1. The second kappa shape index (κ2) is 7.57. The molecule has 0 aliphatic rings. The molecule has 5 nitrogen and oxygen atoms in total. The van der Waals surface area contributed by atoms with Crippen LogP contribution < -0.4 is 4.90 Å². The lowest BCUT2D eigenvalue weighted by molar-refractivity contribution is -0.935. The summed E-state index contributed by atoms with van der Waals surface area (Å²) in [6.07, 6.45) is 3.53. The maximum atomic E-state index is 6.03. The number of hydrogen-bond donors (Lipinski definition) is 1. The van der Waals surface area contributed by atoms with Gasteiger partial charge in [-0.2, -0.15) is 4.68 Å². The molecule has 0 aliphatic carbocycles. The highest BCUT2D eigenvalue weighted by molar-refractivity contribution is 7.71. The Kier molecular flexibility index (Phi) is 5.45. The van der Waals surface area contributed by atoms with Gasteiger partial charge in [0, 0.05) is 25.0 Å². The van der Waals surface area contributed by atoms with Crippen LogP contribution in [0.4, 0.5) is 0 Å². The van der Waals surface area contributed by atoms with Crippen molar-refractivity contribution in [2.45, 2.75) is 20.1 Å². The van der Waals surface area contributed by atoms with Crippen molar-refractivity contribution in [3.05, 3.63) is 50.6 Å². The monoisotopic (exact) mass is 380 g/mol. The van der Waals surface area contributed by atoms with Gasteiger partial charge in [-0.15, -0.1) is 16.4 Å². The van der Waals surface area contributed by atoms with E-state index in [4.69, 9.17) is 28.9 Å². The molecule has 0 amide bonds. The van der Waals surface area contributed by atoms with Gasteiger partial charge < -0.3 is 9.47 Å². The maximum Gasteiger partial charge on any atom is 0.202 e. The summed E-state index contributed by atoms with van der Waals surface area (Å²) in [4.78, 5) is 6.71. The Labute approximate surface area is 155 Å². The number of hydrogen-bond acceptors (Lipinski definition) is 4. The molecule has 0 fully saturated rings. The van der Waals surface area contributed by atoms with Crippen molar-refractivity contribution >= 4 is 35.2 Å².